The van der Waals surface area contributed by atoms with Gasteiger partial charge < -0.3 is 15.6 Å². The van der Waals surface area contributed by atoms with E-state index in [0.717, 1.165) is 5.56 Å². The van der Waals surface area contributed by atoms with Crippen LogP contribution in [0.25, 0.3) is 0 Å². The Morgan fingerprint density at radius 2 is 2.17 bits per heavy atom. The molecule has 0 aliphatic carbocycles. The lowest BCUT2D eigenvalue weighted by Gasteiger charge is -2.05. The van der Waals surface area contributed by atoms with Crippen LogP contribution in [0.1, 0.15) is 35.0 Å². The van der Waals surface area contributed by atoms with Crippen LogP contribution in [0.2, 0.25) is 0 Å². The first kappa shape index (κ1) is 12.3. The van der Waals surface area contributed by atoms with Gasteiger partial charge in [-0.15, -0.1) is 0 Å². The summed E-state index contributed by atoms with van der Waals surface area (Å²) in [5.41, 5.74) is 6.83. The second-order valence-electron chi connectivity index (χ2n) is 3.70. The Hall–Kier alpha value is -2.21. The topological polar surface area (TPSA) is 94.0 Å². The highest BCUT2D eigenvalue weighted by molar-refractivity contribution is 5.90. The third kappa shape index (κ3) is 2.54. The molecule has 1 amide bonds. The summed E-state index contributed by atoms with van der Waals surface area (Å²) in [6.07, 6.45) is 0. The van der Waals surface area contributed by atoms with Crippen molar-refractivity contribution in [2.75, 3.05) is 6.54 Å². The molecule has 18 heavy (non-hydrogen) atoms. The Balaban J connectivity index is 2.17. The first-order chi connectivity index (χ1) is 8.72. The summed E-state index contributed by atoms with van der Waals surface area (Å²) in [5, 5.41) is 6.19. The summed E-state index contributed by atoms with van der Waals surface area (Å²) >= 11 is 0. The third-order valence-electron chi connectivity index (χ3n) is 2.41. The average Bonchev–Trinajstić information content (AvgIpc) is 2.89. The van der Waals surface area contributed by atoms with Gasteiger partial charge in [0.15, 0.2) is 0 Å². The van der Waals surface area contributed by atoms with Gasteiger partial charge in [0, 0.05) is 6.54 Å². The number of nitrogens with one attached hydrogen (secondary N) is 1. The van der Waals surface area contributed by atoms with Crippen LogP contribution in [0.4, 0.5) is 0 Å². The molecule has 6 nitrogen and oxygen atoms in total. The lowest BCUT2D eigenvalue weighted by Crippen LogP contribution is -2.24. The van der Waals surface area contributed by atoms with Crippen molar-refractivity contribution >= 4 is 5.91 Å². The van der Waals surface area contributed by atoms with Crippen molar-refractivity contribution in [3.63, 3.8) is 0 Å². The maximum absolute atomic E-state index is 11.5. The van der Waals surface area contributed by atoms with E-state index in [9.17, 15) is 4.79 Å². The SMILES string of the molecule is CCNC(=O)c1noc(C(N)c2ccccc2)n1. The van der Waals surface area contributed by atoms with Crippen molar-refractivity contribution in [1.29, 1.82) is 0 Å². The summed E-state index contributed by atoms with van der Waals surface area (Å²) in [5.74, 6) is -0.145. The van der Waals surface area contributed by atoms with Gasteiger partial charge in [0.05, 0.1) is 0 Å². The van der Waals surface area contributed by atoms with Crippen LogP contribution in [0.3, 0.4) is 0 Å². The van der Waals surface area contributed by atoms with Crippen LogP contribution in [0, 0.1) is 0 Å². The molecule has 2 rings (SSSR count). The molecule has 0 aliphatic rings. The van der Waals surface area contributed by atoms with Crippen LogP contribution in [-0.2, 0) is 0 Å². The van der Waals surface area contributed by atoms with Crippen molar-refractivity contribution in [2.45, 2.75) is 13.0 Å². The van der Waals surface area contributed by atoms with Crippen LogP contribution < -0.4 is 11.1 Å². The van der Waals surface area contributed by atoms with Gasteiger partial charge in [0.1, 0.15) is 6.04 Å². The minimum absolute atomic E-state index is 0.00164. The van der Waals surface area contributed by atoms with Gasteiger partial charge in [-0.25, -0.2) is 0 Å². The number of carbonyl (C=O) groups excluding carboxylic acids is 1. The van der Waals surface area contributed by atoms with Crippen LogP contribution in [0.15, 0.2) is 34.9 Å². The number of nitrogens with zero attached hydrogens (tertiary/aromatic N) is 2. The molecule has 0 saturated heterocycles. The monoisotopic (exact) mass is 246 g/mol. The molecule has 3 N–H and O–H groups in total. The summed E-state index contributed by atoms with van der Waals surface area (Å²) in [7, 11) is 0. The van der Waals surface area contributed by atoms with E-state index in [-0.39, 0.29) is 17.6 Å². The lowest BCUT2D eigenvalue weighted by molar-refractivity contribution is 0.0942. The van der Waals surface area contributed by atoms with Crippen LogP contribution in [-0.4, -0.2) is 22.6 Å². The molecule has 1 atom stereocenters. The van der Waals surface area contributed by atoms with Crippen molar-refractivity contribution in [2.24, 2.45) is 5.73 Å². The molecular formula is C12H14N4O2. The van der Waals surface area contributed by atoms with Crippen molar-refractivity contribution in [1.82, 2.24) is 15.5 Å². The largest absolute Gasteiger partial charge is 0.349 e. The number of rotatable bonds is 4. The summed E-state index contributed by atoms with van der Waals surface area (Å²) < 4.78 is 5.00. The van der Waals surface area contributed by atoms with E-state index in [1.807, 2.05) is 37.3 Å². The quantitative estimate of drug-likeness (QED) is 0.834. The van der Waals surface area contributed by atoms with Gasteiger partial charge in [-0.3, -0.25) is 4.79 Å². The minimum Gasteiger partial charge on any atom is -0.349 e. The first-order valence-electron chi connectivity index (χ1n) is 5.64. The molecule has 1 aromatic heterocycles. The number of hydrogen-bond donors (Lipinski definition) is 2. The smallest absolute Gasteiger partial charge is 0.292 e. The molecular weight excluding hydrogens is 232 g/mol. The Kier molecular flexibility index (Phi) is 3.69. The first-order valence-corrected chi connectivity index (χ1v) is 5.64. The molecule has 0 saturated carbocycles. The van der Waals surface area contributed by atoms with Gasteiger partial charge in [0.2, 0.25) is 5.89 Å². The predicted molar refractivity (Wildman–Crippen MR) is 64.8 cm³/mol. The number of nitrogens with two attached hydrogens (primary N) is 1. The molecule has 1 aromatic carbocycles. The maximum Gasteiger partial charge on any atom is 0.292 e. The van der Waals surface area contributed by atoms with Gasteiger partial charge >= 0.3 is 0 Å². The molecule has 0 fully saturated rings. The van der Waals surface area contributed by atoms with Crippen LogP contribution >= 0.6 is 0 Å². The summed E-state index contributed by atoms with van der Waals surface area (Å²) in [6, 6.07) is 8.83. The maximum atomic E-state index is 11.5. The normalized spacial score (nSPS) is 12.1. The molecule has 0 radical (unpaired) electrons. The zero-order chi connectivity index (χ0) is 13.0. The molecule has 0 bridgehead atoms. The minimum atomic E-state index is -0.526. The molecule has 2 aromatic rings. The summed E-state index contributed by atoms with van der Waals surface area (Å²) in [4.78, 5) is 15.5. The number of amides is 1. The fraction of sp³-hybridized carbons (Fsp3) is 0.250. The zero-order valence-corrected chi connectivity index (χ0v) is 9.96. The Morgan fingerprint density at radius 1 is 1.44 bits per heavy atom. The molecule has 0 aliphatic heterocycles. The molecule has 1 heterocycles. The Labute approximate surface area is 104 Å². The second-order valence-corrected chi connectivity index (χ2v) is 3.70. The van der Waals surface area contributed by atoms with E-state index in [0.29, 0.717) is 6.54 Å². The van der Waals surface area contributed by atoms with Gasteiger partial charge in [-0.05, 0) is 12.5 Å². The number of aromatic nitrogens is 2. The molecule has 94 valence electrons. The fourth-order valence-corrected chi connectivity index (χ4v) is 1.50. The van der Waals surface area contributed by atoms with E-state index < -0.39 is 6.04 Å². The highest BCUT2D eigenvalue weighted by Crippen LogP contribution is 2.17. The van der Waals surface area contributed by atoms with Gasteiger partial charge in [-0.1, -0.05) is 35.5 Å². The van der Waals surface area contributed by atoms with E-state index >= 15 is 0 Å². The number of hydrogen-bond acceptors (Lipinski definition) is 5. The zero-order valence-electron chi connectivity index (χ0n) is 9.96. The third-order valence-corrected chi connectivity index (χ3v) is 2.41. The Morgan fingerprint density at radius 3 is 2.83 bits per heavy atom. The molecule has 6 heteroatoms. The van der Waals surface area contributed by atoms with Crippen molar-refractivity contribution in [3.8, 4) is 0 Å². The van der Waals surface area contributed by atoms with Crippen LogP contribution in [0.5, 0.6) is 0 Å². The fourth-order valence-electron chi connectivity index (χ4n) is 1.50. The van der Waals surface area contributed by atoms with Crippen molar-refractivity contribution in [3.05, 3.63) is 47.6 Å². The highest BCUT2D eigenvalue weighted by atomic mass is 16.5. The van der Waals surface area contributed by atoms with E-state index in [4.69, 9.17) is 10.3 Å². The lowest BCUT2D eigenvalue weighted by atomic mass is 10.1. The van der Waals surface area contributed by atoms with Gasteiger partial charge in [-0.2, -0.15) is 4.98 Å². The highest BCUT2D eigenvalue weighted by Gasteiger charge is 2.19. The molecule has 0 spiro atoms. The average molecular weight is 246 g/mol. The van der Waals surface area contributed by atoms with E-state index in [1.54, 1.807) is 0 Å². The van der Waals surface area contributed by atoms with E-state index in [2.05, 4.69) is 15.5 Å². The number of carbonyl (C=O) groups is 1. The summed E-state index contributed by atoms with van der Waals surface area (Å²) in [6.45, 7) is 2.32. The number of benzene rings is 1. The Bertz CT molecular complexity index is 524. The standard InChI is InChI=1S/C12H14N4O2/c1-2-14-11(17)10-15-12(18-16-10)9(13)8-6-4-3-5-7-8/h3-7,9H,2,13H2,1H3,(H,14,17). The van der Waals surface area contributed by atoms with Crippen molar-refractivity contribution < 1.29 is 9.32 Å². The van der Waals surface area contributed by atoms with Gasteiger partial charge in [0.25, 0.3) is 11.7 Å². The molecule has 1 unspecified atom stereocenters. The second kappa shape index (κ2) is 5.42. The van der Waals surface area contributed by atoms with E-state index in [1.165, 1.54) is 0 Å². The predicted octanol–water partition coefficient (Wildman–Crippen LogP) is 0.867.